The summed E-state index contributed by atoms with van der Waals surface area (Å²) < 4.78 is 9.83. The Hall–Kier alpha value is -1.37. The molecule has 0 aliphatic heterocycles. The van der Waals surface area contributed by atoms with Crippen LogP contribution in [0, 0.1) is 0 Å². The summed E-state index contributed by atoms with van der Waals surface area (Å²) in [5.41, 5.74) is -0.569. The number of hydrogen-bond donors (Lipinski definition) is 1. The Bertz CT molecular complexity index is 368. The van der Waals surface area contributed by atoms with Gasteiger partial charge in [0.1, 0.15) is 12.2 Å². The molecule has 0 aromatic carbocycles. The fourth-order valence-corrected chi connectivity index (χ4v) is 1.20. The third-order valence-electron chi connectivity index (χ3n) is 2.10. The molecule has 0 bridgehead atoms. The Morgan fingerprint density at radius 1 is 1.30 bits per heavy atom. The van der Waals surface area contributed by atoms with Crippen molar-refractivity contribution in [3.8, 4) is 0 Å². The summed E-state index contributed by atoms with van der Waals surface area (Å²) in [5.74, 6) is -1.25. The van der Waals surface area contributed by atoms with Gasteiger partial charge in [-0.15, -0.1) is 0 Å². The van der Waals surface area contributed by atoms with E-state index in [9.17, 15) is 14.4 Å². The molecular formula is C13H20BrNO5. The number of ether oxygens (including phenoxy) is 2. The molecule has 0 heterocycles. The van der Waals surface area contributed by atoms with Crippen molar-refractivity contribution in [2.45, 2.75) is 32.3 Å². The Morgan fingerprint density at radius 3 is 2.50 bits per heavy atom. The number of alkyl halides is 1. The van der Waals surface area contributed by atoms with Gasteiger partial charge in [-0.05, 0) is 13.8 Å². The van der Waals surface area contributed by atoms with Crippen LogP contribution in [-0.4, -0.2) is 41.9 Å². The monoisotopic (exact) mass is 349 g/mol. The van der Waals surface area contributed by atoms with E-state index in [-0.39, 0.29) is 37.9 Å². The number of esters is 2. The van der Waals surface area contributed by atoms with Crippen LogP contribution in [0.2, 0.25) is 0 Å². The van der Waals surface area contributed by atoms with Gasteiger partial charge in [-0.3, -0.25) is 9.59 Å². The quantitative estimate of drug-likeness (QED) is 0.385. The lowest BCUT2D eigenvalue weighted by Crippen LogP contribution is -2.32. The summed E-state index contributed by atoms with van der Waals surface area (Å²) in [6, 6.07) is 0. The second-order valence-electron chi connectivity index (χ2n) is 4.59. The zero-order valence-corrected chi connectivity index (χ0v) is 13.3. The van der Waals surface area contributed by atoms with Crippen molar-refractivity contribution in [3.05, 3.63) is 12.7 Å². The van der Waals surface area contributed by atoms with Gasteiger partial charge in [-0.1, -0.05) is 22.5 Å². The van der Waals surface area contributed by atoms with E-state index in [1.54, 1.807) is 13.8 Å². The van der Waals surface area contributed by atoms with E-state index < -0.39 is 11.6 Å². The van der Waals surface area contributed by atoms with Gasteiger partial charge in [0.25, 0.3) is 0 Å². The maximum Gasteiger partial charge on any atom is 0.330 e. The Balaban J connectivity index is 3.73. The number of hydrogen-bond acceptors (Lipinski definition) is 5. The molecule has 0 unspecified atom stereocenters. The first-order valence-corrected chi connectivity index (χ1v) is 7.26. The topological polar surface area (TPSA) is 81.7 Å². The Morgan fingerprint density at radius 2 is 1.95 bits per heavy atom. The van der Waals surface area contributed by atoms with Gasteiger partial charge in [0, 0.05) is 18.0 Å². The number of carbonyl (C=O) groups is 3. The van der Waals surface area contributed by atoms with E-state index in [0.29, 0.717) is 5.33 Å². The molecule has 1 amide bonds. The van der Waals surface area contributed by atoms with Crippen molar-refractivity contribution in [1.82, 2.24) is 5.32 Å². The van der Waals surface area contributed by atoms with Crippen molar-refractivity contribution in [2.75, 3.05) is 18.5 Å². The molecule has 0 saturated heterocycles. The zero-order valence-electron chi connectivity index (χ0n) is 11.7. The largest absolute Gasteiger partial charge is 0.462 e. The molecule has 0 rings (SSSR count). The minimum Gasteiger partial charge on any atom is -0.462 e. The minimum absolute atomic E-state index is 0.0161. The lowest BCUT2D eigenvalue weighted by atomic mass is 10.2. The van der Waals surface area contributed by atoms with E-state index in [0.717, 1.165) is 6.08 Å². The van der Waals surface area contributed by atoms with Crippen LogP contribution < -0.4 is 5.32 Å². The third kappa shape index (κ3) is 9.55. The van der Waals surface area contributed by atoms with Gasteiger partial charge in [0.05, 0.1) is 12.8 Å². The van der Waals surface area contributed by atoms with Crippen molar-refractivity contribution in [3.63, 3.8) is 0 Å². The molecule has 0 fully saturated rings. The summed E-state index contributed by atoms with van der Waals surface area (Å²) in [7, 11) is 0. The Kier molecular flexibility index (Phi) is 8.87. The number of rotatable bonds is 9. The molecule has 0 aromatic heterocycles. The number of carbonyl (C=O) groups excluding carboxylic acids is 3. The molecular weight excluding hydrogens is 330 g/mol. The standard InChI is InChI=1S/C13H20BrNO5/c1-4-11(17)19-8-6-10(16)15-7-5-12(18)20-13(2,3)9-14/h4H,1,5-9H2,2-3H3,(H,15,16). The molecule has 0 aliphatic rings. The molecule has 0 aromatic rings. The van der Waals surface area contributed by atoms with Crippen LogP contribution in [0.25, 0.3) is 0 Å². The summed E-state index contributed by atoms with van der Waals surface area (Å²) in [6.45, 7) is 6.97. The van der Waals surface area contributed by atoms with Crippen LogP contribution in [0.3, 0.4) is 0 Å². The lowest BCUT2D eigenvalue weighted by Gasteiger charge is -2.22. The van der Waals surface area contributed by atoms with Crippen molar-refractivity contribution < 1.29 is 23.9 Å². The molecule has 0 atom stereocenters. The number of halogens is 1. The minimum atomic E-state index is -0.571. The summed E-state index contributed by atoms with van der Waals surface area (Å²) in [4.78, 5) is 33.5. The molecule has 1 N–H and O–H groups in total. The summed E-state index contributed by atoms with van der Waals surface area (Å²) in [6.07, 6.45) is 1.16. The van der Waals surface area contributed by atoms with Gasteiger partial charge in [-0.25, -0.2) is 4.79 Å². The molecule has 7 heteroatoms. The number of nitrogens with one attached hydrogen (secondary N) is 1. The predicted octanol–water partition coefficient (Wildman–Crippen LogP) is 1.33. The molecule has 0 aliphatic carbocycles. The first-order valence-electron chi connectivity index (χ1n) is 6.14. The SMILES string of the molecule is C=CC(=O)OCCC(=O)NCCC(=O)OC(C)(C)CBr. The normalized spacial score (nSPS) is 10.6. The molecule has 0 spiro atoms. The van der Waals surface area contributed by atoms with E-state index in [4.69, 9.17) is 4.74 Å². The highest BCUT2D eigenvalue weighted by Crippen LogP contribution is 2.13. The van der Waals surface area contributed by atoms with Gasteiger partial charge in [0.15, 0.2) is 0 Å². The van der Waals surface area contributed by atoms with Crippen molar-refractivity contribution >= 4 is 33.8 Å². The predicted molar refractivity (Wildman–Crippen MR) is 77.4 cm³/mol. The van der Waals surface area contributed by atoms with E-state index in [1.807, 2.05) is 0 Å². The molecule has 0 radical (unpaired) electrons. The van der Waals surface area contributed by atoms with Gasteiger partial charge in [-0.2, -0.15) is 0 Å². The van der Waals surface area contributed by atoms with Crippen LogP contribution in [0.1, 0.15) is 26.7 Å². The van der Waals surface area contributed by atoms with Crippen molar-refractivity contribution in [1.29, 1.82) is 0 Å². The average Bonchev–Trinajstić information content (AvgIpc) is 2.37. The van der Waals surface area contributed by atoms with Crippen molar-refractivity contribution in [2.24, 2.45) is 0 Å². The molecule has 114 valence electrons. The van der Waals surface area contributed by atoms with E-state index in [1.165, 1.54) is 0 Å². The highest BCUT2D eigenvalue weighted by molar-refractivity contribution is 9.09. The van der Waals surface area contributed by atoms with E-state index in [2.05, 4.69) is 32.6 Å². The lowest BCUT2D eigenvalue weighted by molar-refractivity contribution is -0.154. The molecule has 6 nitrogen and oxygen atoms in total. The summed E-state index contributed by atoms with van der Waals surface area (Å²) >= 11 is 3.24. The maximum atomic E-state index is 11.5. The summed E-state index contributed by atoms with van der Waals surface area (Å²) in [5, 5.41) is 3.07. The van der Waals surface area contributed by atoms with Gasteiger partial charge < -0.3 is 14.8 Å². The first-order chi connectivity index (χ1) is 9.30. The molecule has 20 heavy (non-hydrogen) atoms. The van der Waals surface area contributed by atoms with Crippen LogP contribution in [0.15, 0.2) is 12.7 Å². The average molecular weight is 350 g/mol. The highest BCUT2D eigenvalue weighted by Gasteiger charge is 2.20. The fourth-order valence-electron chi connectivity index (χ4n) is 1.08. The first kappa shape index (κ1) is 18.6. The Labute approximate surface area is 127 Å². The molecule has 0 saturated carbocycles. The fraction of sp³-hybridized carbons (Fsp3) is 0.615. The van der Waals surface area contributed by atoms with Gasteiger partial charge in [0.2, 0.25) is 5.91 Å². The van der Waals surface area contributed by atoms with Gasteiger partial charge >= 0.3 is 11.9 Å². The van der Waals surface area contributed by atoms with Crippen LogP contribution >= 0.6 is 15.9 Å². The number of amides is 1. The van der Waals surface area contributed by atoms with E-state index >= 15 is 0 Å². The third-order valence-corrected chi connectivity index (χ3v) is 3.45. The highest BCUT2D eigenvalue weighted by atomic mass is 79.9. The second-order valence-corrected chi connectivity index (χ2v) is 5.15. The smallest absolute Gasteiger partial charge is 0.330 e. The maximum absolute atomic E-state index is 11.5. The van der Waals surface area contributed by atoms with Crippen LogP contribution in [0.5, 0.6) is 0 Å². The van der Waals surface area contributed by atoms with Crippen LogP contribution in [0.4, 0.5) is 0 Å². The van der Waals surface area contributed by atoms with Crippen LogP contribution in [-0.2, 0) is 23.9 Å². The second kappa shape index (κ2) is 9.52. The zero-order chi connectivity index (χ0) is 15.6.